The van der Waals surface area contributed by atoms with Gasteiger partial charge in [-0.15, -0.1) is 0 Å². The highest BCUT2D eigenvalue weighted by Gasteiger charge is 2.08. The van der Waals surface area contributed by atoms with Gasteiger partial charge < -0.3 is 15.6 Å². The quantitative estimate of drug-likeness (QED) is 0.852. The SMILES string of the molecule is Cc1cc(CNC(=O)c2ccc(N)c(Br)c2)on1. The molecule has 0 aliphatic heterocycles. The van der Waals surface area contributed by atoms with Gasteiger partial charge in [0.2, 0.25) is 0 Å². The second-order valence-corrected chi connectivity index (χ2v) is 4.71. The maximum Gasteiger partial charge on any atom is 0.251 e. The van der Waals surface area contributed by atoms with Crippen molar-refractivity contribution in [2.24, 2.45) is 0 Å². The lowest BCUT2D eigenvalue weighted by atomic mass is 10.2. The van der Waals surface area contributed by atoms with Gasteiger partial charge in [0.1, 0.15) is 0 Å². The number of hydrogen-bond donors (Lipinski definition) is 2. The maximum atomic E-state index is 11.9. The van der Waals surface area contributed by atoms with Crippen molar-refractivity contribution >= 4 is 27.5 Å². The molecule has 18 heavy (non-hydrogen) atoms. The molecule has 0 radical (unpaired) electrons. The lowest BCUT2D eigenvalue weighted by molar-refractivity contribution is 0.0947. The van der Waals surface area contributed by atoms with Gasteiger partial charge in [0.25, 0.3) is 5.91 Å². The van der Waals surface area contributed by atoms with E-state index < -0.39 is 0 Å². The van der Waals surface area contributed by atoms with E-state index in [1.807, 2.05) is 6.92 Å². The molecular weight excluding hydrogens is 298 g/mol. The second kappa shape index (κ2) is 5.22. The largest absolute Gasteiger partial charge is 0.398 e. The summed E-state index contributed by atoms with van der Waals surface area (Å²) in [7, 11) is 0. The minimum atomic E-state index is -0.190. The van der Waals surface area contributed by atoms with Crippen LogP contribution >= 0.6 is 15.9 Å². The van der Waals surface area contributed by atoms with E-state index in [4.69, 9.17) is 10.3 Å². The molecule has 94 valence electrons. The number of amides is 1. The average Bonchev–Trinajstić information content (AvgIpc) is 2.75. The van der Waals surface area contributed by atoms with Crippen LogP contribution in [0.2, 0.25) is 0 Å². The van der Waals surface area contributed by atoms with Crippen molar-refractivity contribution in [3.63, 3.8) is 0 Å². The third-order valence-corrected chi connectivity index (χ3v) is 3.05. The molecule has 1 aromatic heterocycles. The summed E-state index contributed by atoms with van der Waals surface area (Å²) in [5.41, 5.74) is 7.57. The molecule has 6 heteroatoms. The first-order valence-corrected chi connectivity index (χ1v) is 6.11. The highest BCUT2D eigenvalue weighted by molar-refractivity contribution is 9.10. The first-order valence-electron chi connectivity index (χ1n) is 5.31. The predicted molar refractivity (Wildman–Crippen MR) is 71.0 cm³/mol. The van der Waals surface area contributed by atoms with E-state index in [9.17, 15) is 4.79 Å². The van der Waals surface area contributed by atoms with Crippen LogP contribution in [0.15, 0.2) is 33.3 Å². The van der Waals surface area contributed by atoms with Crippen LogP contribution in [-0.2, 0) is 6.54 Å². The number of aryl methyl sites for hydroxylation is 1. The van der Waals surface area contributed by atoms with Crippen molar-refractivity contribution in [2.45, 2.75) is 13.5 Å². The Balaban J connectivity index is 2.01. The summed E-state index contributed by atoms with van der Waals surface area (Å²) in [6.45, 7) is 2.13. The van der Waals surface area contributed by atoms with Gasteiger partial charge >= 0.3 is 0 Å². The van der Waals surface area contributed by atoms with Crippen molar-refractivity contribution in [1.29, 1.82) is 0 Å². The fourth-order valence-electron chi connectivity index (χ4n) is 1.44. The molecule has 0 bridgehead atoms. The number of carbonyl (C=O) groups is 1. The van der Waals surface area contributed by atoms with E-state index in [-0.39, 0.29) is 5.91 Å². The third-order valence-electron chi connectivity index (χ3n) is 2.36. The molecule has 1 heterocycles. The maximum absolute atomic E-state index is 11.9. The molecular formula is C12H12BrN3O2. The number of aromatic nitrogens is 1. The number of benzene rings is 1. The molecule has 1 aromatic carbocycles. The summed E-state index contributed by atoms with van der Waals surface area (Å²) >= 11 is 3.28. The van der Waals surface area contributed by atoms with Gasteiger partial charge in [-0.1, -0.05) is 5.16 Å². The van der Waals surface area contributed by atoms with E-state index in [2.05, 4.69) is 26.4 Å². The molecule has 0 atom stereocenters. The van der Waals surface area contributed by atoms with Crippen LogP contribution in [0.3, 0.4) is 0 Å². The van der Waals surface area contributed by atoms with Gasteiger partial charge in [0.05, 0.1) is 12.2 Å². The fraction of sp³-hybridized carbons (Fsp3) is 0.167. The smallest absolute Gasteiger partial charge is 0.251 e. The minimum Gasteiger partial charge on any atom is -0.398 e. The standard InChI is InChI=1S/C12H12BrN3O2/c1-7-4-9(18-16-7)6-15-12(17)8-2-3-11(14)10(13)5-8/h2-5H,6,14H2,1H3,(H,15,17). The molecule has 2 aromatic rings. The van der Waals surface area contributed by atoms with E-state index in [1.165, 1.54) is 0 Å². The Hall–Kier alpha value is -1.82. The number of nitrogens with zero attached hydrogens (tertiary/aromatic N) is 1. The predicted octanol–water partition coefficient (Wildman–Crippen LogP) is 2.26. The molecule has 0 spiro atoms. The summed E-state index contributed by atoms with van der Waals surface area (Å²) in [6, 6.07) is 6.80. The first-order chi connectivity index (χ1) is 8.56. The fourth-order valence-corrected chi connectivity index (χ4v) is 1.82. The van der Waals surface area contributed by atoms with E-state index in [1.54, 1.807) is 24.3 Å². The minimum absolute atomic E-state index is 0.190. The van der Waals surface area contributed by atoms with Gasteiger partial charge in [-0.05, 0) is 41.1 Å². The number of nitrogen functional groups attached to an aromatic ring is 1. The lowest BCUT2D eigenvalue weighted by Crippen LogP contribution is -2.22. The lowest BCUT2D eigenvalue weighted by Gasteiger charge is -2.04. The molecule has 0 fully saturated rings. The number of carbonyl (C=O) groups excluding carboxylic acids is 1. The molecule has 0 saturated carbocycles. The van der Waals surface area contributed by atoms with Gasteiger partial charge in [0.15, 0.2) is 5.76 Å². The Bertz CT molecular complexity index is 580. The highest BCUT2D eigenvalue weighted by Crippen LogP contribution is 2.20. The summed E-state index contributed by atoms with van der Waals surface area (Å²) in [4.78, 5) is 11.9. The van der Waals surface area contributed by atoms with Crippen molar-refractivity contribution in [2.75, 3.05) is 5.73 Å². The first kappa shape index (κ1) is 12.6. The Morgan fingerprint density at radius 3 is 2.89 bits per heavy atom. The molecule has 3 N–H and O–H groups in total. The Morgan fingerprint density at radius 2 is 2.28 bits per heavy atom. The number of anilines is 1. The van der Waals surface area contributed by atoms with Crippen LogP contribution < -0.4 is 11.1 Å². The van der Waals surface area contributed by atoms with Crippen LogP contribution in [0.1, 0.15) is 21.8 Å². The van der Waals surface area contributed by atoms with Crippen molar-refractivity contribution in [1.82, 2.24) is 10.5 Å². The molecule has 0 saturated heterocycles. The number of halogens is 1. The normalized spacial score (nSPS) is 10.3. The van der Waals surface area contributed by atoms with Crippen molar-refractivity contribution in [3.05, 3.63) is 45.8 Å². The van der Waals surface area contributed by atoms with E-state index >= 15 is 0 Å². The molecule has 0 aliphatic rings. The van der Waals surface area contributed by atoms with E-state index in [0.29, 0.717) is 28.0 Å². The van der Waals surface area contributed by atoms with Gasteiger partial charge in [-0.3, -0.25) is 4.79 Å². The topological polar surface area (TPSA) is 81.2 Å². The summed E-state index contributed by atoms with van der Waals surface area (Å²) in [5, 5.41) is 6.48. The summed E-state index contributed by atoms with van der Waals surface area (Å²) in [5.74, 6) is 0.431. The number of nitrogens with one attached hydrogen (secondary N) is 1. The molecule has 0 unspecified atom stereocenters. The Labute approximate surface area is 112 Å². The zero-order chi connectivity index (χ0) is 13.1. The van der Waals surface area contributed by atoms with Gasteiger partial charge in [-0.25, -0.2) is 0 Å². The molecule has 2 rings (SSSR count). The molecule has 1 amide bonds. The Morgan fingerprint density at radius 1 is 1.50 bits per heavy atom. The van der Waals surface area contributed by atoms with Crippen molar-refractivity contribution in [3.8, 4) is 0 Å². The molecule has 0 aliphatic carbocycles. The van der Waals surface area contributed by atoms with Crippen LogP contribution in [0, 0.1) is 6.92 Å². The summed E-state index contributed by atoms with van der Waals surface area (Å²) < 4.78 is 5.70. The van der Waals surface area contributed by atoms with Gasteiger partial charge in [-0.2, -0.15) is 0 Å². The van der Waals surface area contributed by atoms with Crippen LogP contribution in [0.4, 0.5) is 5.69 Å². The van der Waals surface area contributed by atoms with Crippen LogP contribution in [-0.4, -0.2) is 11.1 Å². The Kier molecular flexibility index (Phi) is 3.66. The van der Waals surface area contributed by atoms with Crippen LogP contribution in [0.5, 0.6) is 0 Å². The average molecular weight is 310 g/mol. The number of rotatable bonds is 3. The third kappa shape index (κ3) is 2.89. The highest BCUT2D eigenvalue weighted by atomic mass is 79.9. The molecule has 5 nitrogen and oxygen atoms in total. The number of hydrogen-bond acceptors (Lipinski definition) is 4. The van der Waals surface area contributed by atoms with Crippen molar-refractivity contribution < 1.29 is 9.32 Å². The second-order valence-electron chi connectivity index (χ2n) is 3.85. The summed E-state index contributed by atoms with van der Waals surface area (Å²) in [6.07, 6.45) is 0. The van der Waals surface area contributed by atoms with E-state index in [0.717, 1.165) is 5.69 Å². The monoisotopic (exact) mass is 309 g/mol. The number of nitrogens with two attached hydrogens (primary N) is 1. The zero-order valence-electron chi connectivity index (χ0n) is 9.74. The zero-order valence-corrected chi connectivity index (χ0v) is 11.3. The van der Waals surface area contributed by atoms with Crippen LogP contribution in [0.25, 0.3) is 0 Å². The van der Waals surface area contributed by atoms with Gasteiger partial charge in [0, 0.05) is 21.8 Å².